The molecule has 0 aromatic heterocycles. The van der Waals surface area contributed by atoms with E-state index in [-0.39, 0.29) is 18.0 Å². The SMILES string of the molecule is CC(C)NC(=O)C(C)NC1CC(c2ccccc2Br)C1. The van der Waals surface area contributed by atoms with Crippen LogP contribution in [0.25, 0.3) is 0 Å². The van der Waals surface area contributed by atoms with Crippen LogP contribution in [-0.2, 0) is 4.79 Å². The second kappa shape index (κ2) is 6.72. The Morgan fingerprint density at radius 3 is 2.50 bits per heavy atom. The van der Waals surface area contributed by atoms with Gasteiger partial charge in [-0.15, -0.1) is 0 Å². The first-order chi connectivity index (χ1) is 9.47. The molecule has 1 aliphatic carbocycles. The molecule has 1 aromatic rings. The second-order valence-corrected chi connectivity index (χ2v) is 6.79. The van der Waals surface area contributed by atoms with Crippen LogP contribution in [0.2, 0.25) is 0 Å². The third-order valence-electron chi connectivity index (χ3n) is 3.79. The first kappa shape index (κ1) is 15.5. The molecule has 0 spiro atoms. The van der Waals surface area contributed by atoms with Crippen molar-refractivity contribution in [2.24, 2.45) is 0 Å². The van der Waals surface area contributed by atoms with E-state index in [0.29, 0.717) is 12.0 Å². The summed E-state index contributed by atoms with van der Waals surface area (Å²) in [6.07, 6.45) is 2.20. The minimum atomic E-state index is -0.123. The lowest BCUT2D eigenvalue weighted by Crippen LogP contribution is -2.51. The molecule has 110 valence electrons. The van der Waals surface area contributed by atoms with E-state index in [1.165, 1.54) is 10.0 Å². The van der Waals surface area contributed by atoms with Crippen molar-refractivity contribution in [3.05, 3.63) is 34.3 Å². The molecule has 1 fully saturated rings. The van der Waals surface area contributed by atoms with Crippen LogP contribution < -0.4 is 10.6 Å². The Hall–Kier alpha value is -0.870. The van der Waals surface area contributed by atoms with Gasteiger partial charge in [0.2, 0.25) is 5.91 Å². The summed E-state index contributed by atoms with van der Waals surface area (Å²) >= 11 is 3.61. The maximum Gasteiger partial charge on any atom is 0.237 e. The minimum Gasteiger partial charge on any atom is -0.353 e. The van der Waals surface area contributed by atoms with Crippen LogP contribution in [-0.4, -0.2) is 24.0 Å². The van der Waals surface area contributed by atoms with Crippen molar-refractivity contribution >= 4 is 21.8 Å². The number of hydrogen-bond donors (Lipinski definition) is 2. The van der Waals surface area contributed by atoms with Crippen LogP contribution >= 0.6 is 15.9 Å². The van der Waals surface area contributed by atoms with Gasteiger partial charge in [0.25, 0.3) is 0 Å². The molecule has 0 heterocycles. The molecule has 1 atom stereocenters. The summed E-state index contributed by atoms with van der Waals surface area (Å²) < 4.78 is 1.19. The molecule has 1 unspecified atom stereocenters. The Labute approximate surface area is 129 Å². The highest BCUT2D eigenvalue weighted by atomic mass is 79.9. The molecule has 20 heavy (non-hydrogen) atoms. The number of halogens is 1. The van der Waals surface area contributed by atoms with Crippen molar-refractivity contribution in [1.29, 1.82) is 0 Å². The van der Waals surface area contributed by atoms with Gasteiger partial charge < -0.3 is 10.6 Å². The average molecular weight is 339 g/mol. The predicted octanol–water partition coefficient (Wildman–Crippen LogP) is 3.20. The van der Waals surface area contributed by atoms with E-state index in [4.69, 9.17) is 0 Å². The lowest BCUT2D eigenvalue weighted by molar-refractivity contribution is -0.123. The van der Waals surface area contributed by atoms with E-state index in [1.807, 2.05) is 26.8 Å². The lowest BCUT2D eigenvalue weighted by atomic mass is 9.75. The normalized spacial score (nSPS) is 23.2. The molecule has 3 nitrogen and oxygen atoms in total. The Morgan fingerprint density at radius 2 is 1.90 bits per heavy atom. The molecule has 1 saturated carbocycles. The van der Waals surface area contributed by atoms with Crippen LogP contribution in [0, 0.1) is 0 Å². The number of benzene rings is 1. The first-order valence-corrected chi connectivity index (χ1v) is 8.07. The number of hydrogen-bond acceptors (Lipinski definition) is 2. The molecule has 0 bridgehead atoms. The van der Waals surface area contributed by atoms with Gasteiger partial charge in [0.1, 0.15) is 0 Å². The quantitative estimate of drug-likeness (QED) is 0.865. The van der Waals surface area contributed by atoms with Gasteiger partial charge in [0.05, 0.1) is 6.04 Å². The smallest absolute Gasteiger partial charge is 0.237 e. The third-order valence-corrected chi connectivity index (χ3v) is 4.52. The van der Waals surface area contributed by atoms with E-state index in [9.17, 15) is 4.79 Å². The van der Waals surface area contributed by atoms with Crippen molar-refractivity contribution in [3.8, 4) is 0 Å². The van der Waals surface area contributed by atoms with Gasteiger partial charge in [0.15, 0.2) is 0 Å². The number of carbonyl (C=O) groups is 1. The van der Waals surface area contributed by atoms with Crippen molar-refractivity contribution in [1.82, 2.24) is 10.6 Å². The fourth-order valence-corrected chi connectivity index (χ4v) is 3.26. The van der Waals surface area contributed by atoms with E-state index in [1.54, 1.807) is 0 Å². The maximum absolute atomic E-state index is 11.9. The van der Waals surface area contributed by atoms with Crippen molar-refractivity contribution in [2.75, 3.05) is 0 Å². The summed E-state index contributed by atoms with van der Waals surface area (Å²) in [4.78, 5) is 11.9. The van der Waals surface area contributed by atoms with Crippen LogP contribution in [0.3, 0.4) is 0 Å². The Bertz CT molecular complexity index is 469. The third kappa shape index (κ3) is 3.83. The molecule has 0 aliphatic heterocycles. The molecule has 0 saturated heterocycles. The monoisotopic (exact) mass is 338 g/mol. The van der Waals surface area contributed by atoms with Gasteiger partial charge in [-0.25, -0.2) is 0 Å². The molecule has 1 amide bonds. The average Bonchev–Trinajstić information content (AvgIpc) is 2.33. The van der Waals surface area contributed by atoms with E-state index < -0.39 is 0 Å². The van der Waals surface area contributed by atoms with Gasteiger partial charge in [-0.3, -0.25) is 4.79 Å². The molecule has 0 radical (unpaired) electrons. The molecule has 1 aromatic carbocycles. The summed E-state index contributed by atoms with van der Waals surface area (Å²) in [6, 6.07) is 8.91. The molecule has 2 N–H and O–H groups in total. The van der Waals surface area contributed by atoms with Gasteiger partial charge >= 0.3 is 0 Å². The fourth-order valence-electron chi connectivity index (χ4n) is 2.65. The van der Waals surface area contributed by atoms with Crippen LogP contribution in [0.1, 0.15) is 45.1 Å². The molecule has 2 rings (SSSR count). The fraction of sp³-hybridized carbons (Fsp3) is 0.562. The summed E-state index contributed by atoms with van der Waals surface area (Å²) in [6.45, 7) is 5.90. The highest BCUT2D eigenvalue weighted by Crippen LogP contribution is 2.40. The van der Waals surface area contributed by atoms with Crippen molar-refractivity contribution in [3.63, 3.8) is 0 Å². The summed E-state index contributed by atoms with van der Waals surface area (Å²) in [7, 11) is 0. The summed E-state index contributed by atoms with van der Waals surface area (Å²) in [5.41, 5.74) is 1.38. The number of carbonyl (C=O) groups excluding carboxylic acids is 1. The first-order valence-electron chi connectivity index (χ1n) is 7.28. The highest BCUT2D eigenvalue weighted by molar-refractivity contribution is 9.10. The Balaban J connectivity index is 1.79. The maximum atomic E-state index is 11.9. The van der Waals surface area contributed by atoms with Crippen LogP contribution in [0.15, 0.2) is 28.7 Å². The Morgan fingerprint density at radius 1 is 1.25 bits per heavy atom. The minimum absolute atomic E-state index is 0.0874. The molecular weight excluding hydrogens is 316 g/mol. The zero-order valence-electron chi connectivity index (χ0n) is 12.3. The zero-order valence-corrected chi connectivity index (χ0v) is 13.9. The zero-order chi connectivity index (χ0) is 14.7. The number of amides is 1. The van der Waals surface area contributed by atoms with Crippen LogP contribution in [0.5, 0.6) is 0 Å². The molecular formula is C16H23BrN2O. The van der Waals surface area contributed by atoms with Crippen molar-refractivity contribution in [2.45, 2.75) is 57.7 Å². The van der Waals surface area contributed by atoms with Gasteiger partial charge in [-0.2, -0.15) is 0 Å². The number of rotatable bonds is 5. The Kier molecular flexibility index (Phi) is 5.22. The largest absolute Gasteiger partial charge is 0.353 e. The van der Waals surface area contributed by atoms with Crippen molar-refractivity contribution < 1.29 is 4.79 Å². The second-order valence-electron chi connectivity index (χ2n) is 5.94. The summed E-state index contributed by atoms with van der Waals surface area (Å²) in [5, 5.41) is 6.35. The highest BCUT2D eigenvalue weighted by Gasteiger charge is 2.32. The standard InChI is InChI=1S/C16H23BrN2O/c1-10(2)18-16(20)11(3)19-13-8-12(9-13)14-6-4-5-7-15(14)17/h4-7,10-13,19H,8-9H2,1-3H3,(H,18,20). The lowest BCUT2D eigenvalue weighted by Gasteiger charge is -2.38. The van der Waals surface area contributed by atoms with Gasteiger partial charge in [-0.1, -0.05) is 34.1 Å². The summed E-state index contributed by atoms with van der Waals surface area (Å²) in [5.74, 6) is 0.688. The van der Waals surface area contributed by atoms with E-state index in [2.05, 4.69) is 44.8 Å². The van der Waals surface area contributed by atoms with Gasteiger partial charge in [-0.05, 0) is 51.2 Å². The van der Waals surface area contributed by atoms with E-state index >= 15 is 0 Å². The van der Waals surface area contributed by atoms with Crippen LogP contribution in [0.4, 0.5) is 0 Å². The van der Waals surface area contributed by atoms with E-state index in [0.717, 1.165) is 12.8 Å². The number of nitrogens with one attached hydrogen (secondary N) is 2. The predicted molar refractivity (Wildman–Crippen MR) is 85.8 cm³/mol. The topological polar surface area (TPSA) is 41.1 Å². The molecule has 1 aliphatic rings. The van der Waals surface area contributed by atoms with Gasteiger partial charge in [0, 0.05) is 16.6 Å². The molecule has 4 heteroatoms.